The lowest BCUT2D eigenvalue weighted by atomic mass is 10.2. The van der Waals surface area contributed by atoms with E-state index in [1.165, 1.54) is 41.5 Å². The molecule has 0 radical (unpaired) electrons. The van der Waals surface area contributed by atoms with Crippen LogP contribution in [0.1, 0.15) is 43.7 Å². The molecule has 1 fully saturated rings. The minimum Gasteiger partial charge on any atom is -0.344 e. The molecule has 0 bridgehead atoms. The average molecular weight is 311 g/mol. The number of rotatable bonds is 6. The van der Waals surface area contributed by atoms with Crippen LogP contribution in [0.2, 0.25) is 0 Å². The summed E-state index contributed by atoms with van der Waals surface area (Å²) in [6, 6.07) is 0.598. The summed E-state index contributed by atoms with van der Waals surface area (Å²) in [4.78, 5) is 11.4. The van der Waals surface area contributed by atoms with Crippen LogP contribution in [0.3, 0.4) is 0 Å². The number of nitrogens with zero attached hydrogens (tertiary/aromatic N) is 3. The van der Waals surface area contributed by atoms with Crippen molar-refractivity contribution in [2.24, 2.45) is 0 Å². The van der Waals surface area contributed by atoms with Crippen molar-refractivity contribution in [1.82, 2.24) is 15.2 Å². The highest BCUT2D eigenvalue weighted by molar-refractivity contribution is 7.15. The molecule has 5 heteroatoms. The third-order valence-electron chi connectivity index (χ3n) is 4.21. The lowest BCUT2D eigenvalue weighted by Crippen LogP contribution is -2.39. The van der Waals surface area contributed by atoms with Crippen LogP contribution in [0, 0.1) is 0 Å². The quantitative estimate of drug-likeness (QED) is 0.875. The maximum absolute atomic E-state index is 4.99. The van der Waals surface area contributed by atoms with Gasteiger partial charge in [-0.2, -0.15) is 0 Å². The van der Waals surface area contributed by atoms with E-state index in [1.807, 2.05) is 18.4 Å². The largest absolute Gasteiger partial charge is 0.344 e. The van der Waals surface area contributed by atoms with Crippen molar-refractivity contribution >= 4 is 16.5 Å². The van der Waals surface area contributed by atoms with Crippen LogP contribution >= 0.6 is 11.3 Å². The summed E-state index contributed by atoms with van der Waals surface area (Å²) in [5, 5.41) is 4.53. The molecule has 1 aliphatic heterocycles. The van der Waals surface area contributed by atoms with Crippen molar-refractivity contribution in [3.63, 3.8) is 0 Å². The molecule has 0 amide bonds. The molecule has 0 aromatic carbocycles. The van der Waals surface area contributed by atoms with Gasteiger partial charge in [-0.05, 0) is 39.9 Å². The summed E-state index contributed by atoms with van der Waals surface area (Å²) in [5.41, 5.74) is 1.30. The van der Waals surface area contributed by atoms with E-state index in [1.54, 1.807) is 0 Å². The van der Waals surface area contributed by atoms with Gasteiger partial charge in [0.2, 0.25) is 0 Å². The van der Waals surface area contributed by atoms with E-state index in [0.717, 1.165) is 26.1 Å². The SMILES string of the molecule is CCCc1nc(N2CCCN(C)CC2CC)sc1CNC. The highest BCUT2D eigenvalue weighted by Gasteiger charge is 2.25. The van der Waals surface area contributed by atoms with Gasteiger partial charge in [-0.1, -0.05) is 20.3 Å². The third-order valence-corrected chi connectivity index (χ3v) is 5.34. The molecule has 0 saturated carbocycles. The molecule has 1 saturated heterocycles. The summed E-state index contributed by atoms with van der Waals surface area (Å²) in [6.45, 7) is 8.96. The van der Waals surface area contributed by atoms with Gasteiger partial charge in [-0.15, -0.1) is 11.3 Å². The Balaban J connectivity index is 2.23. The van der Waals surface area contributed by atoms with Crippen LogP contribution in [0.5, 0.6) is 0 Å². The highest BCUT2D eigenvalue weighted by atomic mass is 32.1. The van der Waals surface area contributed by atoms with Crippen molar-refractivity contribution in [1.29, 1.82) is 0 Å². The lowest BCUT2D eigenvalue weighted by molar-refractivity contribution is 0.328. The zero-order chi connectivity index (χ0) is 15.2. The van der Waals surface area contributed by atoms with Crippen LogP contribution in [0.25, 0.3) is 0 Å². The molecule has 1 N–H and O–H groups in total. The van der Waals surface area contributed by atoms with Crippen LogP contribution in [0.4, 0.5) is 5.13 Å². The fourth-order valence-corrected chi connectivity index (χ4v) is 4.28. The summed E-state index contributed by atoms with van der Waals surface area (Å²) >= 11 is 1.89. The van der Waals surface area contributed by atoms with Crippen molar-refractivity contribution in [2.45, 2.75) is 52.1 Å². The molecule has 1 atom stereocenters. The molecule has 1 aromatic heterocycles. The van der Waals surface area contributed by atoms with Gasteiger partial charge in [0.1, 0.15) is 0 Å². The molecule has 1 aliphatic rings. The number of hydrogen-bond donors (Lipinski definition) is 1. The Kier molecular flexibility index (Phi) is 6.45. The lowest BCUT2D eigenvalue weighted by Gasteiger charge is -2.29. The van der Waals surface area contributed by atoms with Crippen molar-refractivity contribution in [3.8, 4) is 0 Å². The standard InChI is InChI=1S/C16H30N4S/c1-5-8-14-15(11-17-3)21-16(18-14)20-10-7-9-19(4)12-13(20)6-2/h13,17H,5-12H2,1-4H3. The maximum atomic E-state index is 4.99. The fourth-order valence-electron chi connectivity index (χ4n) is 3.07. The summed E-state index contributed by atoms with van der Waals surface area (Å²) < 4.78 is 0. The van der Waals surface area contributed by atoms with E-state index >= 15 is 0 Å². The zero-order valence-electron chi connectivity index (χ0n) is 14.0. The minimum absolute atomic E-state index is 0.598. The average Bonchev–Trinajstić information content (AvgIpc) is 2.74. The Labute approximate surface area is 133 Å². The minimum atomic E-state index is 0.598. The molecule has 0 spiro atoms. The molecular formula is C16H30N4S. The first-order chi connectivity index (χ1) is 10.2. The summed E-state index contributed by atoms with van der Waals surface area (Å²) in [6.07, 6.45) is 4.68. The number of anilines is 1. The molecule has 120 valence electrons. The first-order valence-corrected chi connectivity index (χ1v) is 9.09. The Bertz CT molecular complexity index is 408. The third kappa shape index (κ3) is 4.18. The second-order valence-corrected chi connectivity index (χ2v) is 7.08. The van der Waals surface area contributed by atoms with Crippen molar-refractivity contribution < 1.29 is 0 Å². The topological polar surface area (TPSA) is 31.4 Å². The predicted molar refractivity (Wildman–Crippen MR) is 92.4 cm³/mol. The van der Waals surface area contributed by atoms with Crippen LogP contribution in [-0.2, 0) is 13.0 Å². The fraction of sp³-hybridized carbons (Fsp3) is 0.812. The Hall–Kier alpha value is -0.650. The normalized spacial score (nSPS) is 20.8. The second kappa shape index (κ2) is 8.11. The van der Waals surface area contributed by atoms with Crippen molar-refractivity contribution in [2.75, 3.05) is 38.6 Å². The van der Waals surface area contributed by atoms with Gasteiger partial charge in [0.15, 0.2) is 5.13 Å². The Morgan fingerprint density at radius 3 is 2.81 bits per heavy atom. The van der Waals surface area contributed by atoms with Gasteiger partial charge in [-0.3, -0.25) is 0 Å². The second-order valence-electron chi connectivity index (χ2n) is 6.02. The number of aryl methyl sites for hydroxylation is 1. The van der Waals surface area contributed by atoms with Gasteiger partial charge < -0.3 is 15.1 Å². The van der Waals surface area contributed by atoms with E-state index in [9.17, 15) is 0 Å². The van der Waals surface area contributed by atoms with Gasteiger partial charge in [-0.25, -0.2) is 4.98 Å². The summed E-state index contributed by atoms with van der Waals surface area (Å²) in [5.74, 6) is 0. The smallest absolute Gasteiger partial charge is 0.186 e. The first-order valence-electron chi connectivity index (χ1n) is 8.27. The van der Waals surface area contributed by atoms with Gasteiger partial charge in [0, 0.05) is 30.6 Å². The Morgan fingerprint density at radius 1 is 1.33 bits per heavy atom. The number of hydrogen-bond acceptors (Lipinski definition) is 5. The first kappa shape index (κ1) is 16.7. The van der Waals surface area contributed by atoms with Crippen LogP contribution in [-0.4, -0.2) is 49.7 Å². The molecule has 21 heavy (non-hydrogen) atoms. The number of likely N-dealkylation sites (N-methyl/N-ethyl adjacent to an activating group) is 1. The molecule has 0 aliphatic carbocycles. The molecule has 2 rings (SSSR count). The van der Waals surface area contributed by atoms with E-state index in [-0.39, 0.29) is 0 Å². The van der Waals surface area contributed by atoms with Crippen molar-refractivity contribution in [3.05, 3.63) is 10.6 Å². The molecule has 1 unspecified atom stereocenters. The van der Waals surface area contributed by atoms with Gasteiger partial charge >= 0.3 is 0 Å². The number of thiazole rings is 1. The Morgan fingerprint density at radius 2 is 2.14 bits per heavy atom. The predicted octanol–water partition coefficient (Wildman–Crippen LogP) is 2.74. The maximum Gasteiger partial charge on any atom is 0.186 e. The summed E-state index contributed by atoms with van der Waals surface area (Å²) in [7, 11) is 4.26. The van der Waals surface area contributed by atoms with Crippen LogP contribution in [0.15, 0.2) is 0 Å². The monoisotopic (exact) mass is 310 g/mol. The van der Waals surface area contributed by atoms with E-state index in [4.69, 9.17) is 4.98 Å². The molecular weight excluding hydrogens is 280 g/mol. The molecule has 4 nitrogen and oxygen atoms in total. The van der Waals surface area contributed by atoms with E-state index < -0.39 is 0 Å². The van der Waals surface area contributed by atoms with Gasteiger partial charge in [0.05, 0.1) is 5.69 Å². The molecule has 1 aromatic rings. The van der Waals surface area contributed by atoms with Gasteiger partial charge in [0.25, 0.3) is 0 Å². The number of aromatic nitrogens is 1. The highest BCUT2D eigenvalue weighted by Crippen LogP contribution is 2.30. The van der Waals surface area contributed by atoms with Crippen LogP contribution < -0.4 is 10.2 Å². The van der Waals surface area contributed by atoms with E-state index in [2.05, 4.69) is 36.0 Å². The zero-order valence-corrected chi connectivity index (χ0v) is 14.8. The molecule has 2 heterocycles. The van der Waals surface area contributed by atoms with E-state index in [0.29, 0.717) is 6.04 Å². The number of nitrogens with one attached hydrogen (secondary N) is 1.